The summed E-state index contributed by atoms with van der Waals surface area (Å²) in [4.78, 5) is 42.7. The number of pyridine rings is 1. The van der Waals surface area contributed by atoms with Crippen LogP contribution in [0.5, 0.6) is 0 Å². The van der Waals surface area contributed by atoms with Crippen LogP contribution in [0.15, 0.2) is 35.3 Å². The zero-order valence-electron chi connectivity index (χ0n) is 20.6. The molecule has 34 heavy (non-hydrogen) atoms. The van der Waals surface area contributed by atoms with Crippen LogP contribution in [-0.4, -0.2) is 60.0 Å². The van der Waals surface area contributed by atoms with E-state index < -0.39 is 5.91 Å². The van der Waals surface area contributed by atoms with E-state index in [0.717, 1.165) is 25.1 Å². The molecule has 2 aromatic rings. The number of amides is 1. The normalized spacial score (nSPS) is 18.9. The molecule has 1 saturated heterocycles. The molecule has 0 radical (unpaired) electrons. The zero-order chi connectivity index (χ0) is 24.5. The van der Waals surface area contributed by atoms with Crippen LogP contribution in [0.3, 0.4) is 0 Å². The smallest absolute Gasteiger partial charge is 0.268 e. The molecule has 2 aliphatic rings. The van der Waals surface area contributed by atoms with Gasteiger partial charge in [-0.05, 0) is 42.9 Å². The van der Waals surface area contributed by atoms with Crippen molar-refractivity contribution in [3.63, 3.8) is 0 Å². The van der Waals surface area contributed by atoms with Crippen molar-refractivity contribution in [3.05, 3.63) is 63.1 Å². The number of nitrogens with zero attached hydrogens (tertiary/aromatic N) is 2. The molecule has 0 bridgehead atoms. The molecule has 1 amide bonds. The van der Waals surface area contributed by atoms with E-state index in [1.807, 2.05) is 52.0 Å². The second-order valence-electron chi connectivity index (χ2n) is 10.3. The van der Waals surface area contributed by atoms with Crippen LogP contribution in [-0.2, 0) is 11.2 Å². The molecule has 182 valence electrons. The molecule has 4 rings (SSSR count). The van der Waals surface area contributed by atoms with Crippen molar-refractivity contribution in [2.45, 2.75) is 53.0 Å². The van der Waals surface area contributed by atoms with Gasteiger partial charge in [0.05, 0.1) is 13.2 Å². The van der Waals surface area contributed by atoms with E-state index in [2.05, 4.69) is 10.2 Å². The number of nitrogens with one attached hydrogen (secondary N) is 1. The highest BCUT2D eigenvalue weighted by atomic mass is 16.5. The lowest BCUT2D eigenvalue weighted by atomic mass is 9.73. The van der Waals surface area contributed by atoms with Gasteiger partial charge in [0.15, 0.2) is 5.78 Å². The third kappa shape index (κ3) is 5.15. The van der Waals surface area contributed by atoms with Gasteiger partial charge >= 0.3 is 0 Å². The number of rotatable bonds is 6. The number of hydrogen-bond donors (Lipinski definition) is 1. The Balaban J connectivity index is 1.74. The number of ether oxygens (including phenoxy) is 1. The third-order valence-corrected chi connectivity index (χ3v) is 6.86. The quantitative estimate of drug-likeness (QED) is 0.709. The van der Waals surface area contributed by atoms with Gasteiger partial charge in [0, 0.05) is 49.5 Å². The van der Waals surface area contributed by atoms with E-state index in [1.54, 1.807) is 6.20 Å². The number of morpholine rings is 1. The maximum absolute atomic E-state index is 13.7. The van der Waals surface area contributed by atoms with E-state index in [-0.39, 0.29) is 28.4 Å². The molecule has 1 fully saturated rings. The SMILES string of the molecule is CC[C@@H](CN1CCOCC1)NC(=O)c1c2c(cn(-c3ccc(C)cc3)c1=O)C(=O)CC(C)(C)C2. The number of carbonyl (C=O) groups excluding carboxylic acids is 2. The largest absolute Gasteiger partial charge is 0.379 e. The number of fused-ring (bicyclic) bond motifs is 1. The summed E-state index contributed by atoms with van der Waals surface area (Å²) >= 11 is 0. The summed E-state index contributed by atoms with van der Waals surface area (Å²) in [6.07, 6.45) is 3.28. The fourth-order valence-corrected chi connectivity index (χ4v) is 4.91. The lowest BCUT2D eigenvalue weighted by molar-refractivity contribution is 0.0331. The first-order valence-corrected chi connectivity index (χ1v) is 12.2. The Bertz CT molecular complexity index is 1130. The minimum atomic E-state index is -0.395. The molecule has 1 N–H and O–H groups in total. The molecular formula is C27H35N3O4. The average molecular weight is 466 g/mol. The van der Waals surface area contributed by atoms with E-state index in [9.17, 15) is 14.4 Å². The molecular weight excluding hydrogens is 430 g/mol. The van der Waals surface area contributed by atoms with Gasteiger partial charge in [-0.2, -0.15) is 0 Å². The average Bonchev–Trinajstić information content (AvgIpc) is 2.79. The van der Waals surface area contributed by atoms with Gasteiger partial charge in [0.1, 0.15) is 5.56 Å². The standard InChI is InChI=1S/C27H35N3O4/c1-5-19(16-29-10-12-34-13-11-29)28-25(32)24-21-14-27(3,4)15-23(31)22(21)17-30(26(24)33)20-8-6-18(2)7-9-20/h6-9,17,19H,5,10-16H2,1-4H3,(H,28,32)/t19-/m0/s1. The highest BCUT2D eigenvalue weighted by molar-refractivity contribution is 6.04. The van der Waals surface area contributed by atoms with Crippen molar-refractivity contribution >= 4 is 11.7 Å². The second kappa shape index (κ2) is 9.84. The van der Waals surface area contributed by atoms with Gasteiger partial charge in [0.25, 0.3) is 11.5 Å². The Morgan fingerprint density at radius 1 is 1.12 bits per heavy atom. The Hall–Kier alpha value is -2.77. The maximum Gasteiger partial charge on any atom is 0.268 e. The van der Waals surface area contributed by atoms with E-state index in [1.165, 1.54) is 4.57 Å². The minimum absolute atomic E-state index is 0.0264. The Kier molecular flexibility index (Phi) is 7.05. The second-order valence-corrected chi connectivity index (χ2v) is 10.3. The van der Waals surface area contributed by atoms with Crippen molar-refractivity contribution in [2.75, 3.05) is 32.8 Å². The number of hydrogen-bond acceptors (Lipinski definition) is 5. The van der Waals surface area contributed by atoms with Crippen LogP contribution in [0.25, 0.3) is 5.69 Å². The molecule has 1 aliphatic heterocycles. The third-order valence-electron chi connectivity index (χ3n) is 6.86. The number of aryl methyl sites for hydroxylation is 1. The van der Waals surface area contributed by atoms with Gasteiger partial charge in [0.2, 0.25) is 0 Å². The van der Waals surface area contributed by atoms with Crippen molar-refractivity contribution < 1.29 is 14.3 Å². The summed E-state index contributed by atoms with van der Waals surface area (Å²) in [6, 6.07) is 7.42. The molecule has 0 spiro atoms. The lowest BCUT2D eigenvalue weighted by Gasteiger charge is -2.32. The van der Waals surface area contributed by atoms with Crippen LogP contribution in [0.1, 0.15) is 65.5 Å². The van der Waals surface area contributed by atoms with Gasteiger partial charge < -0.3 is 10.1 Å². The van der Waals surface area contributed by atoms with Gasteiger partial charge in [-0.15, -0.1) is 0 Å². The fourth-order valence-electron chi connectivity index (χ4n) is 4.91. The summed E-state index contributed by atoms with van der Waals surface area (Å²) in [5, 5.41) is 3.11. The first-order valence-electron chi connectivity index (χ1n) is 12.2. The summed E-state index contributed by atoms with van der Waals surface area (Å²) in [6.45, 7) is 11.8. The zero-order valence-corrected chi connectivity index (χ0v) is 20.6. The van der Waals surface area contributed by atoms with Crippen LogP contribution in [0, 0.1) is 12.3 Å². The topological polar surface area (TPSA) is 80.6 Å². The lowest BCUT2D eigenvalue weighted by Crippen LogP contribution is -2.48. The molecule has 7 nitrogen and oxygen atoms in total. The van der Waals surface area contributed by atoms with E-state index in [0.29, 0.717) is 49.4 Å². The fraction of sp³-hybridized carbons (Fsp3) is 0.519. The number of Topliss-reactive ketones (excluding diaryl/α,β-unsaturated/α-hetero) is 1. The molecule has 0 unspecified atom stereocenters. The predicted octanol–water partition coefficient (Wildman–Crippen LogP) is 3.14. The molecule has 1 aromatic heterocycles. The van der Waals surface area contributed by atoms with E-state index in [4.69, 9.17) is 4.74 Å². The molecule has 2 heterocycles. The Morgan fingerprint density at radius 3 is 2.44 bits per heavy atom. The van der Waals surface area contributed by atoms with Crippen molar-refractivity contribution in [3.8, 4) is 5.69 Å². The Labute approximate surface area is 201 Å². The highest BCUT2D eigenvalue weighted by Crippen LogP contribution is 2.35. The van der Waals surface area contributed by atoms with Crippen LogP contribution in [0.4, 0.5) is 0 Å². The highest BCUT2D eigenvalue weighted by Gasteiger charge is 2.36. The minimum Gasteiger partial charge on any atom is -0.379 e. The molecule has 1 aromatic carbocycles. The van der Waals surface area contributed by atoms with Crippen molar-refractivity contribution in [1.82, 2.24) is 14.8 Å². The monoisotopic (exact) mass is 465 g/mol. The number of benzene rings is 1. The van der Waals surface area contributed by atoms with Crippen LogP contribution in [0.2, 0.25) is 0 Å². The number of aromatic nitrogens is 1. The summed E-state index contributed by atoms with van der Waals surface area (Å²) < 4.78 is 6.88. The number of carbonyl (C=O) groups is 2. The van der Waals surface area contributed by atoms with Gasteiger partial charge in [-0.1, -0.05) is 38.5 Å². The maximum atomic E-state index is 13.7. The Morgan fingerprint density at radius 2 is 1.79 bits per heavy atom. The summed E-state index contributed by atoms with van der Waals surface area (Å²) in [7, 11) is 0. The van der Waals surface area contributed by atoms with Crippen LogP contribution < -0.4 is 10.9 Å². The van der Waals surface area contributed by atoms with Crippen LogP contribution >= 0.6 is 0 Å². The summed E-state index contributed by atoms with van der Waals surface area (Å²) in [5.41, 5.74) is 2.18. The van der Waals surface area contributed by atoms with E-state index >= 15 is 0 Å². The van der Waals surface area contributed by atoms with Gasteiger partial charge in [-0.25, -0.2) is 0 Å². The molecule has 1 atom stereocenters. The summed E-state index contributed by atoms with van der Waals surface area (Å²) in [5.74, 6) is -0.421. The molecule has 0 saturated carbocycles. The first kappa shape index (κ1) is 24.4. The van der Waals surface area contributed by atoms with Gasteiger partial charge in [-0.3, -0.25) is 23.9 Å². The van der Waals surface area contributed by atoms with Crippen molar-refractivity contribution in [2.24, 2.45) is 5.41 Å². The van der Waals surface area contributed by atoms with Crippen molar-refractivity contribution in [1.29, 1.82) is 0 Å². The molecule has 1 aliphatic carbocycles. The first-order chi connectivity index (χ1) is 16.2. The molecule has 7 heteroatoms. The predicted molar refractivity (Wildman–Crippen MR) is 132 cm³/mol. The number of ketones is 1.